The lowest BCUT2D eigenvalue weighted by Crippen LogP contribution is -2.11. The number of carbonyl (C=O) groups excluding carboxylic acids is 1. The molecule has 8 heteroatoms. The van der Waals surface area contributed by atoms with Crippen molar-refractivity contribution in [2.24, 2.45) is 5.92 Å². The van der Waals surface area contributed by atoms with E-state index in [2.05, 4.69) is 34.5 Å². The summed E-state index contributed by atoms with van der Waals surface area (Å²) in [5.41, 5.74) is 0. The number of hydrogen-bond donors (Lipinski definition) is 1. The predicted octanol–water partition coefficient (Wildman–Crippen LogP) is 2.30. The molecule has 0 unspecified atom stereocenters. The molecule has 2 heterocycles. The largest absolute Gasteiger partial charge is 0.479 e. The SMILES string of the molecule is COc1cc(CCC(=O)Nc2nnc(CC(C)C)s2)on1. The summed E-state index contributed by atoms with van der Waals surface area (Å²) in [4.78, 5) is 11.8. The van der Waals surface area contributed by atoms with Crippen LogP contribution in [0.15, 0.2) is 10.6 Å². The summed E-state index contributed by atoms with van der Waals surface area (Å²) in [6, 6.07) is 1.67. The van der Waals surface area contributed by atoms with Gasteiger partial charge in [0.25, 0.3) is 5.88 Å². The minimum atomic E-state index is -0.127. The van der Waals surface area contributed by atoms with E-state index in [9.17, 15) is 4.79 Å². The maximum absolute atomic E-state index is 11.8. The molecular formula is C13H18N4O3S. The second-order valence-electron chi connectivity index (χ2n) is 4.98. The van der Waals surface area contributed by atoms with Crippen LogP contribution in [-0.2, 0) is 17.6 Å². The number of aryl methyl sites for hydroxylation is 1. The second kappa shape index (κ2) is 7.16. The minimum absolute atomic E-state index is 0.127. The maximum Gasteiger partial charge on any atom is 0.254 e. The molecule has 0 spiro atoms. The van der Waals surface area contributed by atoms with E-state index in [1.807, 2.05) is 0 Å². The molecule has 0 saturated carbocycles. The molecule has 2 aromatic rings. The van der Waals surface area contributed by atoms with Crippen molar-refractivity contribution in [3.8, 4) is 5.88 Å². The van der Waals surface area contributed by atoms with Crippen molar-refractivity contribution in [2.45, 2.75) is 33.1 Å². The molecule has 0 aliphatic carbocycles. The number of nitrogens with zero attached hydrogens (tertiary/aromatic N) is 3. The summed E-state index contributed by atoms with van der Waals surface area (Å²) in [7, 11) is 1.51. The van der Waals surface area contributed by atoms with E-state index in [0.717, 1.165) is 11.4 Å². The Morgan fingerprint density at radius 2 is 2.29 bits per heavy atom. The van der Waals surface area contributed by atoms with Gasteiger partial charge in [0.05, 0.1) is 7.11 Å². The lowest BCUT2D eigenvalue weighted by molar-refractivity contribution is -0.116. The molecule has 7 nitrogen and oxygen atoms in total. The van der Waals surface area contributed by atoms with Gasteiger partial charge >= 0.3 is 0 Å². The average Bonchev–Trinajstić information content (AvgIpc) is 3.05. The Morgan fingerprint density at radius 1 is 1.48 bits per heavy atom. The van der Waals surface area contributed by atoms with E-state index in [1.165, 1.54) is 18.4 Å². The molecule has 0 fully saturated rings. The Labute approximate surface area is 126 Å². The van der Waals surface area contributed by atoms with Crippen molar-refractivity contribution in [1.82, 2.24) is 15.4 Å². The van der Waals surface area contributed by atoms with Crippen LogP contribution in [0.3, 0.4) is 0 Å². The highest BCUT2D eigenvalue weighted by molar-refractivity contribution is 7.15. The molecular weight excluding hydrogens is 292 g/mol. The van der Waals surface area contributed by atoms with Crippen LogP contribution in [-0.4, -0.2) is 28.4 Å². The molecule has 0 aromatic carbocycles. The zero-order chi connectivity index (χ0) is 15.2. The summed E-state index contributed by atoms with van der Waals surface area (Å²) in [6.07, 6.45) is 1.61. The fourth-order valence-corrected chi connectivity index (χ4v) is 2.63. The smallest absolute Gasteiger partial charge is 0.254 e. The number of ether oxygens (including phenoxy) is 1. The van der Waals surface area contributed by atoms with Crippen molar-refractivity contribution >= 4 is 22.4 Å². The molecule has 2 aromatic heterocycles. The Kier molecular flexibility index (Phi) is 5.26. The number of anilines is 1. The van der Waals surface area contributed by atoms with Gasteiger partial charge in [-0.2, -0.15) is 0 Å². The van der Waals surface area contributed by atoms with Gasteiger partial charge in [0.2, 0.25) is 11.0 Å². The minimum Gasteiger partial charge on any atom is -0.479 e. The normalized spacial score (nSPS) is 10.9. The summed E-state index contributed by atoms with van der Waals surface area (Å²) in [5.74, 6) is 1.41. The van der Waals surface area contributed by atoms with Crippen molar-refractivity contribution in [3.05, 3.63) is 16.8 Å². The van der Waals surface area contributed by atoms with Gasteiger partial charge < -0.3 is 14.6 Å². The summed E-state index contributed by atoms with van der Waals surface area (Å²) in [6.45, 7) is 4.23. The van der Waals surface area contributed by atoms with Crippen molar-refractivity contribution in [1.29, 1.82) is 0 Å². The molecule has 0 aliphatic rings. The van der Waals surface area contributed by atoms with E-state index in [4.69, 9.17) is 9.26 Å². The molecule has 0 aliphatic heterocycles. The fraction of sp³-hybridized carbons (Fsp3) is 0.538. The average molecular weight is 310 g/mol. The number of methoxy groups -OCH3 is 1. The molecule has 21 heavy (non-hydrogen) atoms. The van der Waals surface area contributed by atoms with Gasteiger partial charge in [-0.1, -0.05) is 25.2 Å². The Bertz CT molecular complexity index is 594. The van der Waals surface area contributed by atoms with E-state index in [1.54, 1.807) is 6.07 Å². The number of rotatable bonds is 7. The lowest BCUT2D eigenvalue weighted by atomic mass is 10.1. The van der Waals surface area contributed by atoms with Crippen LogP contribution in [0.5, 0.6) is 5.88 Å². The highest BCUT2D eigenvalue weighted by atomic mass is 32.1. The van der Waals surface area contributed by atoms with Gasteiger partial charge in [-0.15, -0.1) is 10.2 Å². The molecule has 0 radical (unpaired) electrons. The number of amides is 1. The van der Waals surface area contributed by atoms with Gasteiger partial charge in [0, 0.05) is 25.3 Å². The van der Waals surface area contributed by atoms with E-state index in [-0.39, 0.29) is 12.3 Å². The third kappa shape index (κ3) is 4.82. The standard InChI is InChI=1S/C13H18N4O3S/c1-8(2)6-12-15-16-13(21-12)14-10(18)5-4-9-7-11(19-3)17-20-9/h7-8H,4-6H2,1-3H3,(H,14,16,18). The van der Waals surface area contributed by atoms with Gasteiger partial charge in [-0.05, 0) is 11.1 Å². The van der Waals surface area contributed by atoms with Crippen LogP contribution >= 0.6 is 11.3 Å². The molecule has 114 valence electrons. The Balaban J connectivity index is 1.80. The number of nitrogens with one attached hydrogen (secondary N) is 1. The molecule has 1 amide bonds. The van der Waals surface area contributed by atoms with Crippen LogP contribution in [0.25, 0.3) is 0 Å². The zero-order valence-corrected chi connectivity index (χ0v) is 13.1. The van der Waals surface area contributed by atoms with E-state index in [0.29, 0.717) is 29.1 Å². The van der Waals surface area contributed by atoms with E-state index < -0.39 is 0 Å². The molecule has 2 rings (SSSR count). The number of hydrogen-bond acceptors (Lipinski definition) is 7. The van der Waals surface area contributed by atoms with Crippen LogP contribution < -0.4 is 10.1 Å². The molecule has 0 atom stereocenters. The van der Waals surface area contributed by atoms with Crippen molar-refractivity contribution in [2.75, 3.05) is 12.4 Å². The van der Waals surface area contributed by atoms with Gasteiger partial charge in [0.1, 0.15) is 10.8 Å². The molecule has 0 bridgehead atoms. The fourth-order valence-electron chi connectivity index (χ4n) is 1.66. The van der Waals surface area contributed by atoms with Gasteiger partial charge in [0.15, 0.2) is 0 Å². The highest BCUT2D eigenvalue weighted by Crippen LogP contribution is 2.19. The van der Waals surface area contributed by atoms with Crippen LogP contribution in [0.2, 0.25) is 0 Å². The second-order valence-corrected chi connectivity index (χ2v) is 6.04. The number of carbonyl (C=O) groups is 1. The summed E-state index contributed by atoms with van der Waals surface area (Å²) in [5, 5.41) is 15.9. The maximum atomic E-state index is 11.8. The quantitative estimate of drug-likeness (QED) is 0.844. The third-order valence-electron chi connectivity index (χ3n) is 2.64. The van der Waals surface area contributed by atoms with Crippen LogP contribution in [0.1, 0.15) is 31.0 Å². The summed E-state index contributed by atoms with van der Waals surface area (Å²) < 4.78 is 9.93. The predicted molar refractivity (Wildman–Crippen MR) is 78.5 cm³/mol. The van der Waals surface area contributed by atoms with E-state index >= 15 is 0 Å². The lowest BCUT2D eigenvalue weighted by Gasteiger charge is -1.99. The topological polar surface area (TPSA) is 90.1 Å². The first-order chi connectivity index (χ1) is 10.1. The highest BCUT2D eigenvalue weighted by Gasteiger charge is 2.11. The summed E-state index contributed by atoms with van der Waals surface area (Å²) >= 11 is 1.41. The third-order valence-corrected chi connectivity index (χ3v) is 3.50. The van der Waals surface area contributed by atoms with Gasteiger partial charge in [-0.25, -0.2) is 0 Å². The monoisotopic (exact) mass is 310 g/mol. The van der Waals surface area contributed by atoms with Crippen LogP contribution in [0.4, 0.5) is 5.13 Å². The molecule has 0 saturated heterocycles. The first-order valence-corrected chi connectivity index (χ1v) is 7.50. The number of aromatic nitrogens is 3. The Hall–Kier alpha value is -1.96. The van der Waals surface area contributed by atoms with Gasteiger partial charge in [-0.3, -0.25) is 4.79 Å². The first kappa shape index (κ1) is 15.4. The van der Waals surface area contributed by atoms with Crippen molar-refractivity contribution < 1.29 is 14.1 Å². The zero-order valence-electron chi connectivity index (χ0n) is 12.3. The van der Waals surface area contributed by atoms with Crippen LogP contribution in [0, 0.1) is 5.92 Å². The first-order valence-electron chi connectivity index (χ1n) is 6.68. The Morgan fingerprint density at radius 3 is 2.95 bits per heavy atom. The van der Waals surface area contributed by atoms with Crippen molar-refractivity contribution in [3.63, 3.8) is 0 Å². The molecule has 1 N–H and O–H groups in total.